The van der Waals surface area contributed by atoms with Gasteiger partial charge in [-0.3, -0.25) is 4.98 Å². The Bertz CT molecular complexity index is 598. The summed E-state index contributed by atoms with van der Waals surface area (Å²) in [6.45, 7) is 0. The third kappa shape index (κ3) is 3.52. The number of nitrogens with two attached hydrogens (primary N) is 1. The maximum Gasteiger partial charge on any atom is 0.191 e. The maximum atomic E-state index is 5.70. The van der Waals surface area contributed by atoms with Crippen LogP contribution in [0, 0.1) is 0 Å². The highest BCUT2D eigenvalue weighted by atomic mass is 32.1. The number of nitrogens with zero attached hydrogens (tertiary/aromatic N) is 3. The number of methoxy groups -OCH3 is 1. The average Bonchev–Trinajstić information content (AvgIpc) is 2.49. The molecular weight excluding hydrogens is 272 g/mol. The quantitative estimate of drug-likeness (QED) is 0.530. The summed E-state index contributed by atoms with van der Waals surface area (Å²) >= 11 is 5.02. The van der Waals surface area contributed by atoms with Crippen molar-refractivity contribution in [3.8, 4) is 5.75 Å². The second-order valence-corrected chi connectivity index (χ2v) is 4.30. The van der Waals surface area contributed by atoms with Crippen LogP contribution in [0.1, 0.15) is 5.56 Å². The molecule has 0 amide bonds. The van der Waals surface area contributed by atoms with E-state index in [0.717, 1.165) is 17.0 Å². The number of benzene rings is 1. The van der Waals surface area contributed by atoms with Crippen LogP contribution in [0.25, 0.3) is 0 Å². The lowest BCUT2D eigenvalue weighted by molar-refractivity contribution is 0.415. The zero-order valence-electron chi connectivity index (χ0n) is 10.9. The van der Waals surface area contributed by atoms with Gasteiger partial charge in [-0.25, -0.2) is 5.01 Å². The molecule has 1 aromatic carbocycles. The number of hydrogen-bond donors (Lipinski definition) is 1. The molecule has 0 saturated heterocycles. The summed E-state index contributed by atoms with van der Waals surface area (Å²) in [5.74, 6) is 0.757. The third-order valence-corrected chi connectivity index (χ3v) is 2.71. The van der Waals surface area contributed by atoms with Crippen LogP contribution in [0.3, 0.4) is 0 Å². The first-order chi connectivity index (χ1) is 9.70. The van der Waals surface area contributed by atoms with E-state index in [2.05, 4.69) is 10.1 Å². The first kappa shape index (κ1) is 14.0. The Morgan fingerprint density at radius 2 is 2.10 bits per heavy atom. The number of aromatic nitrogens is 1. The zero-order valence-corrected chi connectivity index (χ0v) is 11.7. The van der Waals surface area contributed by atoms with Gasteiger partial charge in [-0.05, 0) is 42.5 Å². The molecule has 2 aromatic rings. The van der Waals surface area contributed by atoms with Crippen LogP contribution in [-0.2, 0) is 0 Å². The first-order valence-electron chi connectivity index (χ1n) is 5.88. The highest BCUT2D eigenvalue weighted by Gasteiger charge is 2.07. The van der Waals surface area contributed by atoms with Crippen molar-refractivity contribution < 1.29 is 4.74 Å². The summed E-state index contributed by atoms with van der Waals surface area (Å²) in [5.41, 5.74) is 7.33. The van der Waals surface area contributed by atoms with E-state index in [1.807, 2.05) is 36.4 Å². The molecule has 1 aromatic heterocycles. The van der Waals surface area contributed by atoms with Gasteiger partial charge in [0.1, 0.15) is 5.75 Å². The Kier molecular flexibility index (Phi) is 4.62. The number of rotatable bonds is 4. The molecule has 0 aliphatic carbocycles. The monoisotopic (exact) mass is 286 g/mol. The van der Waals surface area contributed by atoms with E-state index in [0.29, 0.717) is 0 Å². The van der Waals surface area contributed by atoms with Gasteiger partial charge in [0, 0.05) is 18.0 Å². The van der Waals surface area contributed by atoms with Crippen molar-refractivity contribution >= 4 is 29.2 Å². The molecule has 0 radical (unpaired) electrons. The molecule has 0 saturated carbocycles. The van der Waals surface area contributed by atoms with Crippen molar-refractivity contribution in [1.29, 1.82) is 0 Å². The van der Waals surface area contributed by atoms with Crippen LogP contribution in [0.15, 0.2) is 53.9 Å². The van der Waals surface area contributed by atoms with Crippen LogP contribution in [0.4, 0.5) is 5.69 Å². The predicted molar refractivity (Wildman–Crippen MR) is 84.1 cm³/mol. The average molecular weight is 286 g/mol. The Balaban J connectivity index is 2.22. The van der Waals surface area contributed by atoms with Gasteiger partial charge in [0.25, 0.3) is 0 Å². The molecule has 0 aliphatic rings. The Hall–Kier alpha value is -2.47. The topological polar surface area (TPSA) is 63.7 Å². The van der Waals surface area contributed by atoms with Gasteiger partial charge in [-0.15, -0.1) is 0 Å². The minimum atomic E-state index is 0.162. The molecule has 2 N–H and O–H groups in total. The summed E-state index contributed by atoms with van der Waals surface area (Å²) in [7, 11) is 1.61. The van der Waals surface area contributed by atoms with Crippen molar-refractivity contribution in [2.45, 2.75) is 0 Å². The molecule has 6 heteroatoms. The van der Waals surface area contributed by atoms with E-state index in [4.69, 9.17) is 22.7 Å². The molecule has 0 atom stereocenters. The maximum absolute atomic E-state index is 5.70. The number of thiocarbonyl (C=S) groups is 1. The highest BCUT2D eigenvalue weighted by molar-refractivity contribution is 7.80. The van der Waals surface area contributed by atoms with Gasteiger partial charge in [0.2, 0.25) is 0 Å². The third-order valence-electron chi connectivity index (χ3n) is 2.53. The number of pyridine rings is 1. The van der Waals surface area contributed by atoms with Gasteiger partial charge in [0.05, 0.1) is 19.0 Å². The number of hydrazone groups is 1. The van der Waals surface area contributed by atoms with E-state index < -0.39 is 0 Å². The Morgan fingerprint density at radius 3 is 2.65 bits per heavy atom. The molecule has 0 unspecified atom stereocenters. The second-order valence-electron chi connectivity index (χ2n) is 3.88. The lowest BCUT2D eigenvalue weighted by Crippen LogP contribution is -2.30. The number of hydrogen-bond acceptors (Lipinski definition) is 4. The van der Waals surface area contributed by atoms with Crippen LogP contribution in [0.5, 0.6) is 5.75 Å². The van der Waals surface area contributed by atoms with Gasteiger partial charge in [-0.1, -0.05) is 6.07 Å². The molecule has 0 fully saturated rings. The lowest BCUT2D eigenvalue weighted by atomic mass is 10.3. The fraction of sp³-hybridized carbons (Fsp3) is 0.0714. The van der Waals surface area contributed by atoms with Gasteiger partial charge in [-0.2, -0.15) is 5.10 Å². The predicted octanol–water partition coefficient (Wildman–Crippen LogP) is 2.17. The van der Waals surface area contributed by atoms with Crippen LogP contribution in [0.2, 0.25) is 0 Å². The van der Waals surface area contributed by atoms with E-state index in [1.54, 1.807) is 25.7 Å². The molecule has 2 rings (SSSR count). The largest absolute Gasteiger partial charge is 0.497 e. The summed E-state index contributed by atoms with van der Waals surface area (Å²) in [4.78, 5) is 4.01. The normalized spacial score (nSPS) is 10.4. The fourth-order valence-corrected chi connectivity index (χ4v) is 1.70. The zero-order chi connectivity index (χ0) is 14.4. The van der Waals surface area contributed by atoms with Crippen LogP contribution < -0.4 is 15.5 Å². The van der Waals surface area contributed by atoms with Crippen LogP contribution >= 0.6 is 12.2 Å². The van der Waals surface area contributed by atoms with Crippen molar-refractivity contribution in [1.82, 2.24) is 4.98 Å². The summed E-state index contributed by atoms with van der Waals surface area (Å²) < 4.78 is 5.11. The van der Waals surface area contributed by atoms with Crippen molar-refractivity contribution in [2.75, 3.05) is 12.1 Å². The molecule has 0 aliphatic heterocycles. The second kappa shape index (κ2) is 6.63. The summed E-state index contributed by atoms with van der Waals surface area (Å²) in [6, 6.07) is 11.0. The number of anilines is 1. The Labute approximate surface area is 122 Å². The van der Waals surface area contributed by atoms with E-state index in [1.165, 1.54) is 5.01 Å². The van der Waals surface area contributed by atoms with Crippen molar-refractivity contribution in [3.63, 3.8) is 0 Å². The highest BCUT2D eigenvalue weighted by Crippen LogP contribution is 2.19. The van der Waals surface area contributed by atoms with Crippen molar-refractivity contribution in [2.24, 2.45) is 10.8 Å². The molecule has 5 nitrogen and oxygen atoms in total. The Morgan fingerprint density at radius 1 is 1.35 bits per heavy atom. The van der Waals surface area contributed by atoms with Crippen molar-refractivity contribution in [3.05, 3.63) is 54.4 Å². The SMILES string of the molecule is COc1ccc(N(/N=C\c2cccnc2)C(N)=S)cc1. The summed E-state index contributed by atoms with van der Waals surface area (Å²) in [5, 5.41) is 5.92. The minimum Gasteiger partial charge on any atom is -0.497 e. The molecule has 0 bridgehead atoms. The molecule has 102 valence electrons. The fourth-order valence-electron chi connectivity index (χ4n) is 1.55. The van der Waals surface area contributed by atoms with E-state index in [-0.39, 0.29) is 5.11 Å². The minimum absolute atomic E-state index is 0.162. The van der Waals surface area contributed by atoms with E-state index >= 15 is 0 Å². The van der Waals surface area contributed by atoms with Gasteiger partial charge >= 0.3 is 0 Å². The smallest absolute Gasteiger partial charge is 0.191 e. The van der Waals surface area contributed by atoms with E-state index in [9.17, 15) is 0 Å². The van der Waals surface area contributed by atoms with Gasteiger partial charge in [0.15, 0.2) is 5.11 Å². The molecular formula is C14H14N4OS. The molecule has 1 heterocycles. The first-order valence-corrected chi connectivity index (χ1v) is 6.29. The summed E-state index contributed by atoms with van der Waals surface area (Å²) in [6.07, 6.45) is 5.05. The van der Waals surface area contributed by atoms with Crippen LogP contribution in [-0.4, -0.2) is 23.4 Å². The molecule has 0 spiro atoms. The lowest BCUT2D eigenvalue weighted by Gasteiger charge is -2.16. The number of ether oxygens (including phenoxy) is 1. The van der Waals surface area contributed by atoms with Gasteiger partial charge < -0.3 is 10.5 Å². The standard InChI is InChI=1S/C14H14N4OS/c1-19-13-6-4-12(5-7-13)18(14(15)20)17-10-11-3-2-8-16-9-11/h2-10H,1H3,(H2,15,20)/b17-10-. The molecule has 20 heavy (non-hydrogen) atoms.